The van der Waals surface area contributed by atoms with Gasteiger partial charge in [0.15, 0.2) is 6.61 Å². The minimum absolute atomic E-state index is 0.137. The highest BCUT2D eigenvalue weighted by molar-refractivity contribution is 5.93. The van der Waals surface area contributed by atoms with Gasteiger partial charge in [-0.25, -0.2) is 0 Å². The fourth-order valence-corrected chi connectivity index (χ4v) is 5.79. The Labute approximate surface area is 155 Å². The Morgan fingerprint density at radius 3 is 2.08 bits per heavy atom. The van der Waals surface area contributed by atoms with Gasteiger partial charge in [-0.2, -0.15) is 0 Å². The fourth-order valence-electron chi connectivity index (χ4n) is 5.79. The van der Waals surface area contributed by atoms with E-state index in [1.54, 1.807) is 0 Å². The van der Waals surface area contributed by atoms with Crippen LogP contribution in [0.5, 0.6) is 0 Å². The number of nitrogens with one attached hydrogen (secondary N) is 1. The Morgan fingerprint density at radius 1 is 1.04 bits per heavy atom. The molecule has 4 fully saturated rings. The number of benzene rings is 1. The topological polar surface area (TPSA) is 55.4 Å². The number of hydrogen-bond donors (Lipinski definition) is 1. The molecule has 4 aliphatic rings. The van der Waals surface area contributed by atoms with E-state index in [1.165, 1.54) is 24.8 Å². The minimum atomic E-state index is -0.298. The second-order valence-corrected chi connectivity index (χ2v) is 9.10. The van der Waals surface area contributed by atoms with Crippen LogP contribution < -0.4 is 5.32 Å². The molecule has 0 aliphatic heterocycles. The monoisotopic (exact) mass is 355 g/mol. The van der Waals surface area contributed by atoms with E-state index in [9.17, 15) is 9.59 Å². The maximum Gasteiger partial charge on any atom is 0.312 e. The summed E-state index contributed by atoms with van der Waals surface area (Å²) in [5.41, 5.74) is 1.68. The summed E-state index contributed by atoms with van der Waals surface area (Å²) in [6.07, 6.45) is 6.78. The van der Waals surface area contributed by atoms with Crippen molar-refractivity contribution in [3.8, 4) is 0 Å². The van der Waals surface area contributed by atoms with Crippen molar-refractivity contribution in [3.63, 3.8) is 0 Å². The normalized spacial score (nSPS) is 31.9. The van der Waals surface area contributed by atoms with Crippen molar-refractivity contribution in [2.45, 2.75) is 58.3 Å². The largest absolute Gasteiger partial charge is 0.455 e. The first-order valence-corrected chi connectivity index (χ1v) is 10.0. The van der Waals surface area contributed by atoms with Crippen molar-refractivity contribution in [2.75, 3.05) is 11.9 Å². The predicted octanol–water partition coefficient (Wildman–Crippen LogP) is 4.51. The molecule has 140 valence electrons. The van der Waals surface area contributed by atoms with E-state index in [1.807, 2.05) is 24.3 Å². The van der Waals surface area contributed by atoms with Gasteiger partial charge in [0.1, 0.15) is 0 Å². The van der Waals surface area contributed by atoms with Crippen LogP contribution in [0.1, 0.15) is 63.9 Å². The first-order valence-electron chi connectivity index (χ1n) is 10.0. The average molecular weight is 355 g/mol. The van der Waals surface area contributed by atoms with E-state index in [4.69, 9.17) is 4.74 Å². The quantitative estimate of drug-likeness (QED) is 0.791. The highest BCUT2D eigenvalue weighted by Crippen LogP contribution is 2.60. The number of carbonyl (C=O) groups is 2. The Kier molecular flexibility index (Phi) is 4.54. The molecule has 26 heavy (non-hydrogen) atoms. The van der Waals surface area contributed by atoms with E-state index in [2.05, 4.69) is 19.2 Å². The van der Waals surface area contributed by atoms with Gasteiger partial charge in [-0.3, -0.25) is 9.59 Å². The number of esters is 1. The van der Waals surface area contributed by atoms with Crippen LogP contribution in [0.4, 0.5) is 5.69 Å². The first-order chi connectivity index (χ1) is 12.4. The molecule has 1 amide bonds. The molecule has 0 atom stereocenters. The van der Waals surface area contributed by atoms with Gasteiger partial charge in [0.2, 0.25) is 0 Å². The maximum absolute atomic E-state index is 12.8. The Morgan fingerprint density at radius 2 is 1.58 bits per heavy atom. The van der Waals surface area contributed by atoms with Gasteiger partial charge < -0.3 is 10.1 Å². The van der Waals surface area contributed by atoms with E-state index in [0.717, 1.165) is 24.9 Å². The molecule has 5 rings (SSSR count). The predicted molar refractivity (Wildman–Crippen MR) is 101 cm³/mol. The molecule has 0 saturated heterocycles. The van der Waals surface area contributed by atoms with Gasteiger partial charge in [0, 0.05) is 5.69 Å². The molecule has 1 N–H and O–H groups in total. The van der Waals surface area contributed by atoms with E-state index in [0.29, 0.717) is 23.7 Å². The number of amides is 1. The summed E-state index contributed by atoms with van der Waals surface area (Å²) < 4.78 is 5.47. The molecule has 4 bridgehead atoms. The number of carbonyl (C=O) groups excluding carboxylic acids is 2. The molecule has 1 aromatic carbocycles. The van der Waals surface area contributed by atoms with Crippen LogP contribution in [-0.4, -0.2) is 18.5 Å². The van der Waals surface area contributed by atoms with Gasteiger partial charge >= 0.3 is 5.97 Å². The van der Waals surface area contributed by atoms with Crippen LogP contribution in [0.3, 0.4) is 0 Å². The van der Waals surface area contributed by atoms with Crippen molar-refractivity contribution in [1.82, 2.24) is 0 Å². The zero-order valence-electron chi connectivity index (χ0n) is 15.8. The van der Waals surface area contributed by atoms with Crippen LogP contribution in [0.2, 0.25) is 0 Å². The van der Waals surface area contributed by atoms with Crippen molar-refractivity contribution in [1.29, 1.82) is 0 Å². The zero-order valence-corrected chi connectivity index (χ0v) is 15.8. The van der Waals surface area contributed by atoms with Crippen LogP contribution in [-0.2, 0) is 14.3 Å². The van der Waals surface area contributed by atoms with Gasteiger partial charge in [-0.05, 0) is 79.9 Å². The van der Waals surface area contributed by atoms with Crippen molar-refractivity contribution in [3.05, 3.63) is 29.8 Å². The molecule has 0 radical (unpaired) electrons. The van der Waals surface area contributed by atoms with Crippen LogP contribution in [0.25, 0.3) is 0 Å². The first kappa shape index (κ1) is 17.6. The third kappa shape index (κ3) is 3.38. The van der Waals surface area contributed by atoms with Crippen molar-refractivity contribution in [2.24, 2.45) is 23.2 Å². The molecule has 4 heteroatoms. The second kappa shape index (κ2) is 6.71. The maximum atomic E-state index is 12.8. The third-order valence-electron chi connectivity index (χ3n) is 6.67. The molecule has 1 aromatic rings. The molecular weight excluding hydrogens is 326 g/mol. The number of rotatable bonds is 5. The lowest BCUT2D eigenvalue weighted by Gasteiger charge is -2.55. The van der Waals surface area contributed by atoms with E-state index >= 15 is 0 Å². The Bertz CT molecular complexity index is 657. The van der Waals surface area contributed by atoms with Crippen LogP contribution in [0.15, 0.2) is 24.3 Å². The Balaban J connectivity index is 1.31. The lowest BCUT2D eigenvalue weighted by molar-refractivity contribution is -0.172. The third-order valence-corrected chi connectivity index (χ3v) is 6.67. The molecule has 0 aromatic heterocycles. The van der Waals surface area contributed by atoms with Gasteiger partial charge in [-0.1, -0.05) is 26.0 Å². The van der Waals surface area contributed by atoms with Crippen LogP contribution in [0, 0.1) is 23.2 Å². The summed E-state index contributed by atoms with van der Waals surface area (Å²) in [4.78, 5) is 24.9. The standard InChI is InChI=1S/C22H29NO3/c1-14(2)18-3-5-19(6-4-18)23-20(24)13-26-21(25)22-10-15-7-16(11-22)9-17(8-15)12-22/h3-6,14-17H,7-13H2,1-2H3,(H,23,24). The molecule has 4 nitrogen and oxygen atoms in total. The molecule has 4 aliphatic carbocycles. The smallest absolute Gasteiger partial charge is 0.312 e. The zero-order chi connectivity index (χ0) is 18.3. The summed E-state index contributed by atoms with van der Waals surface area (Å²) in [6.45, 7) is 4.08. The number of hydrogen-bond acceptors (Lipinski definition) is 3. The summed E-state index contributed by atoms with van der Waals surface area (Å²) in [7, 11) is 0. The number of ether oxygens (including phenoxy) is 1. The summed E-state index contributed by atoms with van der Waals surface area (Å²) in [6, 6.07) is 7.83. The highest BCUT2D eigenvalue weighted by Gasteiger charge is 2.55. The molecular formula is C22H29NO3. The minimum Gasteiger partial charge on any atom is -0.455 e. The second-order valence-electron chi connectivity index (χ2n) is 9.10. The SMILES string of the molecule is CC(C)c1ccc(NC(=O)COC(=O)C23CC4CC(CC(C4)C2)C3)cc1. The van der Waals surface area contributed by atoms with Gasteiger partial charge in [0.25, 0.3) is 5.91 Å². The van der Waals surface area contributed by atoms with Crippen molar-refractivity contribution < 1.29 is 14.3 Å². The molecule has 4 saturated carbocycles. The summed E-state index contributed by atoms with van der Waals surface area (Å²) in [5.74, 6) is 2.15. The molecule has 0 unspecified atom stereocenters. The lowest BCUT2D eigenvalue weighted by atomic mass is 9.49. The summed E-state index contributed by atoms with van der Waals surface area (Å²) >= 11 is 0. The van der Waals surface area contributed by atoms with Gasteiger partial charge in [0.05, 0.1) is 5.41 Å². The van der Waals surface area contributed by atoms with Crippen molar-refractivity contribution >= 4 is 17.6 Å². The summed E-state index contributed by atoms with van der Waals surface area (Å²) in [5, 5.41) is 2.82. The fraction of sp³-hybridized carbons (Fsp3) is 0.636. The molecule has 0 heterocycles. The highest BCUT2D eigenvalue weighted by atomic mass is 16.5. The number of anilines is 1. The van der Waals surface area contributed by atoms with Gasteiger partial charge in [-0.15, -0.1) is 0 Å². The van der Waals surface area contributed by atoms with Crippen LogP contribution >= 0.6 is 0 Å². The molecule has 0 spiro atoms. The Hall–Kier alpha value is -1.84. The van der Waals surface area contributed by atoms with E-state index < -0.39 is 0 Å². The lowest BCUT2D eigenvalue weighted by Crippen LogP contribution is -2.50. The average Bonchev–Trinajstić information content (AvgIpc) is 2.59. The van der Waals surface area contributed by atoms with E-state index in [-0.39, 0.29) is 23.9 Å².